The van der Waals surface area contributed by atoms with E-state index in [2.05, 4.69) is 65.6 Å². The van der Waals surface area contributed by atoms with Gasteiger partial charge in [0, 0.05) is 4.47 Å². The van der Waals surface area contributed by atoms with Gasteiger partial charge in [0.1, 0.15) is 11.5 Å². The second-order valence-corrected chi connectivity index (χ2v) is 9.10. The quantitative estimate of drug-likeness (QED) is 0.355. The van der Waals surface area contributed by atoms with E-state index in [-0.39, 0.29) is 13.2 Å². The van der Waals surface area contributed by atoms with Crippen LogP contribution >= 0.6 is 47.8 Å². The summed E-state index contributed by atoms with van der Waals surface area (Å²) in [6.07, 6.45) is 0.904. The zero-order valence-electron chi connectivity index (χ0n) is 16.5. The van der Waals surface area contributed by atoms with Gasteiger partial charge in [-0.05, 0) is 84.9 Å². The van der Waals surface area contributed by atoms with E-state index in [4.69, 9.17) is 9.47 Å². The lowest BCUT2D eigenvalue weighted by molar-refractivity contribution is -0.131. The Morgan fingerprint density at radius 3 is 2.13 bits per heavy atom. The van der Waals surface area contributed by atoms with Crippen LogP contribution in [0.1, 0.15) is 12.5 Å². The van der Waals surface area contributed by atoms with Gasteiger partial charge >= 0.3 is 0 Å². The summed E-state index contributed by atoms with van der Waals surface area (Å²) >= 11 is 10.4. The molecular weight excluding hydrogens is 596 g/mol. The van der Waals surface area contributed by atoms with Gasteiger partial charge in [-0.15, -0.1) is 0 Å². The number of nitrogens with one attached hydrogen (secondary N) is 2. The van der Waals surface area contributed by atoms with Crippen LogP contribution in [0.15, 0.2) is 61.9 Å². The molecule has 162 valence electrons. The van der Waals surface area contributed by atoms with Crippen molar-refractivity contribution in [1.29, 1.82) is 0 Å². The molecule has 0 aliphatic carbocycles. The van der Waals surface area contributed by atoms with Gasteiger partial charge in [-0.1, -0.05) is 41.1 Å². The van der Waals surface area contributed by atoms with Crippen molar-refractivity contribution in [3.05, 3.63) is 67.5 Å². The molecular formula is C22H19Br3N2O4. The van der Waals surface area contributed by atoms with Crippen molar-refractivity contribution >= 4 is 70.4 Å². The second kappa shape index (κ2) is 11.0. The molecule has 2 amide bonds. The van der Waals surface area contributed by atoms with Crippen molar-refractivity contribution in [2.24, 2.45) is 0 Å². The minimum Gasteiger partial charge on any atom is -0.483 e. The van der Waals surface area contributed by atoms with E-state index in [9.17, 15) is 9.59 Å². The molecule has 0 bridgehead atoms. The first-order valence-corrected chi connectivity index (χ1v) is 11.7. The molecule has 0 aliphatic heterocycles. The van der Waals surface area contributed by atoms with Gasteiger partial charge in [-0.3, -0.25) is 20.4 Å². The van der Waals surface area contributed by atoms with E-state index in [1.54, 1.807) is 12.1 Å². The molecule has 0 unspecified atom stereocenters. The summed E-state index contributed by atoms with van der Waals surface area (Å²) in [7, 11) is 0. The maximum absolute atomic E-state index is 12.0. The summed E-state index contributed by atoms with van der Waals surface area (Å²) < 4.78 is 13.5. The minimum atomic E-state index is -0.496. The van der Waals surface area contributed by atoms with E-state index in [1.807, 2.05) is 36.4 Å². The highest BCUT2D eigenvalue weighted by atomic mass is 79.9. The van der Waals surface area contributed by atoms with Crippen LogP contribution in [-0.2, 0) is 16.0 Å². The molecule has 0 fully saturated rings. The van der Waals surface area contributed by atoms with Gasteiger partial charge in [0.2, 0.25) is 0 Å². The third-order valence-electron chi connectivity index (χ3n) is 4.34. The molecule has 6 nitrogen and oxygen atoms in total. The molecule has 0 saturated heterocycles. The van der Waals surface area contributed by atoms with Crippen LogP contribution in [0.4, 0.5) is 0 Å². The summed E-state index contributed by atoms with van der Waals surface area (Å²) in [5.74, 6) is 0.0946. The number of hydrogen-bond acceptors (Lipinski definition) is 4. The number of fused-ring (bicyclic) bond motifs is 1. The number of carbonyl (C=O) groups is 2. The third kappa shape index (κ3) is 6.44. The standard InChI is InChI=1S/C22H19Br3N2O4/c1-2-13-3-7-18(17(24)9-13)30-11-20(28)26-27-21(29)12-31-19-8-4-14-10-15(23)5-6-16(14)22(19)25/h3-10H,2,11-12H2,1H3,(H,26,28)(H,27,29). The van der Waals surface area contributed by atoms with Crippen molar-refractivity contribution in [1.82, 2.24) is 10.9 Å². The SMILES string of the molecule is CCc1ccc(OCC(=O)NNC(=O)COc2ccc3cc(Br)ccc3c2Br)c(Br)c1. The number of ether oxygens (including phenoxy) is 2. The lowest BCUT2D eigenvalue weighted by atomic mass is 10.1. The molecule has 31 heavy (non-hydrogen) atoms. The number of amides is 2. The summed E-state index contributed by atoms with van der Waals surface area (Å²) in [4.78, 5) is 24.0. The van der Waals surface area contributed by atoms with Crippen molar-refractivity contribution in [3.8, 4) is 11.5 Å². The Morgan fingerprint density at radius 1 is 0.839 bits per heavy atom. The lowest BCUT2D eigenvalue weighted by Crippen LogP contribution is -2.45. The highest BCUT2D eigenvalue weighted by Gasteiger charge is 2.11. The van der Waals surface area contributed by atoms with E-state index in [0.29, 0.717) is 11.5 Å². The molecule has 0 atom stereocenters. The number of carbonyl (C=O) groups excluding carboxylic acids is 2. The van der Waals surface area contributed by atoms with Crippen LogP contribution in [0.5, 0.6) is 11.5 Å². The first kappa shape index (κ1) is 23.6. The van der Waals surface area contributed by atoms with Crippen LogP contribution in [0.2, 0.25) is 0 Å². The highest BCUT2D eigenvalue weighted by Crippen LogP contribution is 2.34. The molecule has 0 aromatic heterocycles. The average molecular weight is 615 g/mol. The van der Waals surface area contributed by atoms with E-state index in [1.165, 1.54) is 0 Å². The Bertz CT molecular complexity index is 1120. The van der Waals surface area contributed by atoms with E-state index in [0.717, 1.165) is 36.2 Å². The normalized spacial score (nSPS) is 10.6. The Kier molecular flexibility index (Phi) is 8.34. The molecule has 0 radical (unpaired) electrons. The first-order valence-electron chi connectivity index (χ1n) is 9.37. The molecule has 2 N–H and O–H groups in total. The molecule has 0 heterocycles. The smallest absolute Gasteiger partial charge is 0.276 e. The number of hydrogen-bond donors (Lipinski definition) is 2. The highest BCUT2D eigenvalue weighted by molar-refractivity contribution is 9.11. The van der Waals surface area contributed by atoms with Gasteiger partial charge in [0.15, 0.2) is 13.2 Å². The fourth-order valence-corrected chi connectivity index (χ4v) is 4.26. The Hall–Kier alpha value is -2.10. The lowest BCUT2D eigenvalue weighted by Gasteiger charge is -2.12. The van der Waals surface area contributed by atoms with Crippen molar-refractivity contribution in [2.75, 3.05) is 13.2 Å². The molecule has 9 heteroatoms. The summed E-state index contributed by atoms with van der Waals surface area (Å²) in [6.45, 7) is 1.56. The van der Waals surface area contributed by atoms with Crippen LogP contribution in [0.3, 0.4) is 0 Å². The zero-order chi connectivity index (χ0) is 22.4. The fourth-order valence-electron chi connectivity index (χ4n) is 2.73. The number of benzene rings is 3. The first-order chi connectivity index (χ1) is 14.9. The van der Waals surface area contributed by atoms with Crippen LogP contribution < -0.4 is 20.3 Å². The molecule has 3 aromatic carbocycles. The summed E-state index contributed by atoms with van der Waals surface area (Å²) in [5, 5.41) is 1.99. The Morgan fingerprint density at radius 2 is 1.48 bits per heavy atom. The van der Waals surface area contributed by atoms with Crippen LogP contribution in [0.25, 0.3) is 10.8 Å². The van der Waals surface area contributed by atoms with Gasteiger partial charge in [-0.25, -0.2) is 0 Å². The Balaban J connectivity index is 1.46. The number of rotatable bonds is 7. The number of hydrazine groups is 1. The van der Waals surface area contributed by atoms with Gasteiger partial charge in [0.05, 0.1) is 8.95 Å². The largest absolute Gasteiger partial charge is 0.483 e. The maximum Gasteiger partial charge on any atom is 0.276 e. The van der Waals surface area contributed by atoms with Crippen LogP contribution in [0, 0.1) is 0 Å². The third-order valence-corrected chi connectivity index (χ3v) is 6.28. The zero-order valence-corrected chi connectivity index (χ0v) is 21.3. The van der Waals surface area contributed by atoms with Gasteiger partial charge in [0.25, 0.3) is 11.8 Å². The van der Waals surface area contributed by atoms with Crippen molar-refractivity contribution < 1.29 is 19.1 Å². The maximum atomic E-state index is 12.0. The molecule has 0 aliphatic rings. The minimum absolute atomic E-state index is 0.239. The summed E-state index contributed by atoms with van der Waals surface area (Å²) in [5.41, 5.74) is 5.77. The monoisotopic (exact) mass is 612 g/mol. The van der Waals surface area contributed by atoms with Crippen molar-refractivity contribution in [3.63, 3.8) is 0 Å². The van der Waals surface area contributed by atoms with Gasteiger partial charge in [-0.2, -0.15) is 0 Å². The topological polar surface area (TPSA) is 76.7 Å². The summed E-state index contributed by atoms with van der Waals surface area (Å²) in [6, 6.07) is 15.2. The predicted octanol–water partition coefficient (Wildman–Crippen LogP) is 5.29. The molecule has 0 spiro atoms. The van der Waals surface area contributed by atoms with Crippen LogP contribution in [-0.4, -0.2) is 25.0 Å². The fraction of sp³-hybridized carbons (Fsp3) is 0.182. The van der Waals surface area contributed by atoms with E-state index < -0.39 is 11.8 Å². The second-order valence-electron chi connectivity index (χ2n) is 6.54. The number of aryl methyl sites for hydroxylation is 1. The molecule has 3 rings (SSSR count). The van der Waals surface area contributed by atoms with Crippen molar-refractivity contribution in [2.45, 2.75) is 13.3 Å². The average Bonchev–Trinajstić information content (AvgIpc) is 2.76. The van der Waals surface area contributed by atoms with Gasteiger partial charge < -0.3 is 9.47 Å². The molecule has 0 saturated carbocycles. The Labute approximate surface area is 205 Å². The van der Waals surface area contributed by atoms with E-state index >= 15 is 0 Å². The predicted molar refractivity (Wildman–Crippen MR) is 130 cm³/mol. The molecule has 3 aromatic rings. The number of halogens is 3.